The van der Waals surface area contributed by atoms with Crippen molar-refractivity contribution in [1.82, 2.24) is 0 Å². The van der Waals surface area contributed by atoms with E-state index in [1.54, 1.807) is 6.92 Å². The van der Waals surface area contributed by atoms with E-state index in [0.29, 0.717) is 11.3 Å². The molecule has 0 saturated carbocycles. The molecule has 4 aromatic rings. The summed E-state index contributed by atoms with van der Waals surface area (Å²) in [7, 11) is 0. The maximum absolute atomic E-state index is 12.0. The lowest BCUT2D eigenvalue weighted by molar-refractivity contribution is -0.130. The van der Waals surface area contributed by atoms with E-state index >= 15 is 0 Å². The van der Waals surface area contributed by atoms with Gasteiger partial charge in [-0.05, 0) is 96.1 Å². The molecule has 0 fully saturated rings. The normalized spacial score (nSPS) is 13.1. The number of rotatable bonds is 7. The Hall–Kier alpha value is -4.11. The fourth-order valence-corrected chi connectivity index (χ4v) is 5.19. The molecule has 0 bridgehead atoms. The van der Waals surface area contributed by atoms with Crippen molar-refractivity contribution < 1.29 is 9.53 Å². The van der Waals surface area contributed by atoms with E-state index in [4.69, 9.17) is 4.74 Å². The molecule has 1 aliphatic carbocycles. The minimum atomic E-state index is -0.415. The van der Waals surface area contributed by atoms with Crippen LogP contribution in [0.1, 0.15) is 37.5 Å². The standard InChI is InChI=1S/C33H31NO2/c1-5-24-14-15-25-10-9-11-26-16-21-30(32(24)31(25)26)23(4)34(27-12-7-6-8-13-27)28-17-19-29(20-18-28)36-33(35)22(2)3/h6-15,17-21,23H,2,5,16H2,1,3-4H3. The largest absolute Gasteiger partial charge is 0.423 e. The van der Waals surface area contributed by atoms with Gasteiger partial charge in [0, 0.05) is 16.9 Å². The average molecular weight is 474 g/mol. The molecule has 5 rings (SSSR count). The van der Waals surface area contributed by atoms with Gasteiger partial charge in [0.2, 0.25) is 0 Å². The highest BCUT2D eigenvalue weighted by Gasteiger charge is 2.27. The number of esters is 1. The van der Waals surface area contributed by atoms with Gasteiger partial charge >= 0.3 is 5.97 Å². The Morgan fingerprint density at radius 2 is 1.67 bits per heavy atom. The van der Waals surface area contributed by atoms with Crippen molar-refractivity contribution in [2.45, 2.75) is 39.7 Å². The predicted octanol–water partition coefficient (Wildman–Crippen LogP) is 8.05. The second-order valence-corrected chi connectivity index (χ2v) is 9.38. The molecule has 0 N–H and O–H groups in total. The molecular weight excluding hydrogens is 442 g/mol. The summed E-state index contributed by atoms with van der Waals surface area (Å²) in [6.45, 7) is 9.83. The van der Waals surface area contributed by atoms with E-state index in [9.17, 15) is 4.79 Å². The maximum Gasteiger partial charge on any atom is 0.338 e. The molecule has 0 amide bonds. The number of benzene rings is 4. The first-order valence-electron chi connectivity index (χ1n) is 12.5. The lowest BCUT2D eigenvalue weighted by atomic mass is 9.81. The predicted molar refractivity (Wildman–Crippen MR) is 150 cm³/mol. The van der Waals surface area contributed by atoms with Gasteiger partial charge in [-0.15, -0.1) is 0 Å². The van der Waals surface area contributed by atoms with Gasteiger partial charge in [-0.25, -0.2) is 4.79 Å². The number of para-hydroxylation sites is 1. The van der Waals surface area contributed by atoms with Gasteiger partial charge < -0.3 is 9.64 Å². The van der Waals surface area contributed by atoms with Crippen LogP contribution in [0.2, 0.25) is 0 Å². The zero-order chi connectivity index (χ0) is 25.2. The molecular formula is C33H31NO2. The highest BCUT2D eigenvalue weighted by atomic mass is 16.5. The summed E-state index contributed by atoms with van der Waals surface area (Å²) >= 11 is 0. The van der Waals surface area contributed by atoms with Gasteiger partial charge in [-0.1, -0.05) is 68.1 Å². The monoisotopic (exact) mass is 473 g/mol. The molecule has 0 aliphatic heterocycles. The quantitative estimate of drug-likeness (QED) is 0.154. The van der Waals surface area contributed by atoms with Gasteiger partial charge in [0.25, 0.3) is 0 Å². The summed E-state index contributed by atoms with van der Waals surface area (Å²) in [4.78, 5) is 14.3. The number of hydrogen-bond acceptors (Lipinski definition) is 3. The first-order chi connectivity index (χ1) is 17.5. The number of nitrogens with zero attached hydrogens (tertiary/aromatic N) is 1. The second-order valence-electron chi connectivity index (χ2n) is 9.38. The van der Waals surface area contributed by atoms with E-state index in [0.717, 1.165) is 24.2 Å². The first-order valence-corrected chi connectivity index (χ1v) is 12.5. The highest BCUT2D eigenvalue weighted by molar-refractivity contribution is 6.01. The van der Waals surface area contributed by atoms with Crippen LogP contribution in [-0.2, 0) is 17.6 Å². The van der Waals surface area contributed by atoms with Crippen molar-refractivity contribution in [3.05, 3.63) is 120 Å². The molecule has 180 valence electrons. The molecule has 0 saturated heterocycles. The van der Waals surface area contributed by atoms with Gasteiger partial charge in [-0.2, -0.15) is 0 Å². The third kappa shape index (κ3) is 4.33. The topological polar surface area (TPSA) is 29.5 Å². The maximum atomic E-state index is 12.0. The van der Waals surface area contributed by atoms with Crippen molar-refractivity contribution in [1.29, 1.82) is 0 Å². The first kappa shape index (κ1) is 23.6. The van der Waals surface area contributed by atoms with Crippen LogP contribution in [0.15, 0.2) is 103 Å². The van der Waals surface area contributed by atoms with Crippen LogP contribution in [0.5, 0.6) is 5.75 Å². The molecule has 1 aliphatic rings. The minimum absolute atomic E-state index is 0.0838. The SMILES string of the molecule is C=C(C)C(=O)Oc1ccc(N(c2ccccc2)C(C)C2=CCc3cccc4ccc(CC)c2c34)cc1. The Balaban J connectivity index is 1.59. The van der Waals surface area contributed by atoms with Crippen LogP contribution in [0.25, 0.3) is 16.3 Å². The van der Waals surface area contributed by atoms with E-state index in [1.807, 2.05) is 30.3 Å². The lowest BCUT2D eigenvalue weighted by Crippen LogP contribution is -2.30. The van der Waals surface area contributed by atoms with Gasteiger partial charge in [0.05, 0.1) is 6.04 Å². The zero-order valence-electron chi connectivity index (χ0n) is 21.1. The van der Waals surface area contributed by atoms with Crippen molar-refractivity contribution in [3.63, 3.8) is 0 Å². The van der Waals surface area contributed by atoms with Crippen molar-refractivity contribution >= 4 is 33.7 Å². The number of carbonyl (C=O) groups excluding carboxylic acids is 1. The van der Waals surface area contributed by atoms with E-state index in [2.05, 4.69) is 86.0 Å². The number of anilines is 2. The van der Waals surface area contributed by atoms with E-state index < -0.39 is 5.97 Å². The van der Waals surface area contributed by atoms with E-state index in [1.165, 1.54) is 33.0 Å². The molecule has 4 aromatic carbocycles. The Kier molecular flexibility index (Phi) is 6.47. The smallest absolute Gasteiger partial charge is 0.338 e. The Bertz CT molecular complexity index is 1470. The Morgan fingerprint density at radius 1 is 0.944 bits per heavy atom. The summed E-state index contributed by atoms with van der Waals surface area (Å²) in [5, 5.41) is 2.68. The molecule has 0 heterocycles. The number of aryl methyl sites for hydroxylation is 1. The average Bonchev–Trinajstić information content (AvgIpc) is 2.91. The van der Waals surface area contributed by atoms with Crippen molar-refractivity contribution in [2.75, 3.05) is 4.90 Å². The molecule has 1 atom stereocenters. The number of ether oxygens (including phenoxy) is 1. The van der Waals surface area contributed by atoms with Gasteiger partial charge in [0.15, 0.2) is 0 Å². The van der Waals surface area contributed by atoms with Crippen molar-refractivity contribution in [3.8, 4) is 5.75 Å². The molecule has 36 heavy (non-hydrogen) atoms. The van der Waals surface area contributed by atoms with Crippen LogP contribution >= 0.6 is 0 Å². The fourth-order valence-electron chi connectivity index (χ4n) is 5.19. The van der Waals surface area contributed by atoms with Crippen LogP contribution in [0.3, 0.4) is 0 Å². The summed E-state index contributed by atoms with van der Waals surface area (Å²) in [5.41, 5.74) is 8.01. The molecule has 0 spiro atoms. The van der Waals surface area contributed by atoms with Gasteiger partial charge in [0.1, 0.15) is 5.75 Å². The molecule has 3 heteroatoms. The van der Waals surface area contributed by atoms with E-state index in [-0.39, 0.29) is 6.04 Å². The van der Waals surface area contributed by atoms with Crippen LogP contribution in [0, 0.1) is 0 Å². The summed E-state index contributed by atoms with van der Waals surface area (Å²) in [5.74, 6) is 0.0958. The summed E-state index contributed by atoms with van der Waals surface area (Å²) < 4.78 is 5.43. The number of allylic oxidation sites excluding steroid dienone is 1. The molecule has 0 radical (unpaired) electrons. The number of carbonyl (C=O) groups is 1. The lowest BCUT2D eigenvalue weighted by Gasteiger charge is -2.36. The van der Waals surface area contributed by atoms with Crippen LogP contribution in [0.4, 0.5) is 11.4 Å². The van der Waals surface area contributed by atoms with Crippen molar-refractivity contribution in [2.24, 2.45) is 0 Å². The molecule has 1 unspecified atom stereocenters. The summed E-state index contributed by atoms with van der Waals surface area (Å²) in [6.07, 6.45) is 4.31. The Morgan fingerprint density at radius 3 is 2.36 bits per heavy atom. The summed E-state index contributed by atoms with van der Waals surface area (Å²) in [6, 6.07) is 29.5. The third-order valence-electron chi connectivity index (χ3n) is 6.98. The highest BCUT2D eigenvalue weighted by Crippen LogP contribution is 2.41. The van der Waals surface area contributed by atoms with Crippen LogP contribution in [-0.4, -0.2) is 12.0 Å². The fraction of sp³-hybridized carbons (Fsp3) is 0.182. The van der Waals surface area contributed by atoms with Crippen LogP contribution < -0.4 is 9.64 Å². The van der Waals surface area contributed by atoms with Gasteiger partial charge in [-0.3, -0.25) is 0 Å². The molecule has 0 aromatic heterocycles. The Labute approximate surface area is 213 Å². The zero-order valence-corrected chi connectivity index (χ0v) is 21.1. The second kappa shape index (κ2) is 9.87. The third-order valence-corrected chi connectivity index (χ3v) is 6.98. The number of hydrogen-bond donors (Lipinski definition) is 0. The molecule has 3 nitrogen and oxygen atoms in total. The minimum Gasteiger partial charge on any atom is -0.423 e.